The first kappa shape index (κ1) is 26.9. The predicted octanol–water partition coefficient (Wildman–Crippen LogP) is 4.63. The summed E-state index contributed by atoms with van der Waals surface area (Å²) in [6.45, 7) is 4.16. The van der Waals surface area contributed by atoms with Crippen LogP contribution in [0.1, 0.15) is 51.6 Å². The van der Waals surface area contributed by atoms with Crippen LogP contribution < -0.4 is 0 Å². The Kier molecular flexibility index (Phi) is 8.72. The molecule has 0 bridgehead atoms. The molecule has 1 amide bonds. The van der Waals surface area contributed by atoms with Crippen molar-refractivity contribution in [3.8, 4) is 0 Å². The molecule has 33 heavy (non-hydrogen) atoms. The highest BCUT2D eigenvalue weighted by atomic mass is 19.4. The molecular weight excluding hydrogens is 456 g/mol. The van der Waals surface area contributed by atoms with E-state index in [1.54, 1.807) is 18.2 Å². The van der Waals surface area contributed by atoms with Crippen LogP contribution in [0.25, 0.3) is 0 Å². The normalized spacial score (nSPS) is 18.0. The van der Waals surface area contributed by atoms with E-state index in [1.165, 1.54) is 11.1 Å². The second-order valence-corrected chi connectivity index (χ2v) is 8.02. The second-order valence-electron chi connectivity index (χ2n) is 8.02. The van der Waals surface area contributed by atoms with Gasteiger partial charge in [0.2, 0.25) is 0 Å². The topological polar surface area (TPSA) is 75.0 Å². The van der Waals surface area contributed by atoms with Crippen LogP contribution in [-0.2, 0) is 16.2 Å². The van der Waals surface area contributed by atoms with Crippen molar-refractivity contribution in [1.82, 2.24) is 9.88 Å². The molecule has 2 atom stereocenters. The zero-order valence-corrected chi connectivity index (χ0v) is 18.3. The number of carbonyl (C=O) groups excluding carboxylic acids is 1. The third-order valence-electron chi connectivity index (χ3n) is 5.63. The molecule has 0 aromatic carbocycles. The SMILES string of the molecule is CCCCC(CC)CN(Cc1ccccn1)C(=O)C1=NOC(C(O)(C(F)(F)F)C(F)(F)F)C1. The second kappa shape index (κ2) is 10.7. The van der Waals surface area contributed by atoms with Crippen LogP contribution in [0.5, 0.6) is 0 Å². The lowest BCUT2D eigenvalue weighted by Gasteiger charge is -2.35. The molecule has 2 heterocycles. The lowest BCUT2D eigenvalue weighted by molar-refractivity contribution is -0.392. The Balaban J connectivity index is 2.25. The quantitative estimate of drug-likeness (QED) is 0.493. The van der Waals surface area contributed by atoms with E-state index in [-0.39, 0.29) is 19.0 Å². The fraction of sp³-hybridized carbons (Fsp3) is 0.667. The monoisotopic (exact) mass is 483 g/mol. The average Bonchev–Trinajstić information content (AvgIpc) is 3.24. The minimum Gasteiger partial charge on any atom is -0.388 e. The lowest BCUT2D eigenvalue weighted by Crippen LogP contribution is -2.64. The van der Waals surface area contributed by atoms with Crippen LogP contribution in [0.4, 0.5) is 26.3 Å². The largest absolute Gasteiger partial charge is 0.430 e. The maximum atomic E-state index is 13.2. The number of alkyl halides is 6. The smallest absolute Gasteiger partial charge is 0.388 e. The summed E-state index contributed by atoms with van der Waals surface area (Å²) in [5.41, 5.74) is -5.28. The first-order chi connectivity index (χ1) is 15.3. The first-order valence-electron chi connectivity index (χ1n) is 10.6. The van der Waals surface area contributed by atoms with Crippen molar-refractivity contribution in [1.29, 1.82) is 0 Å². The van der Waals surface area contributed by atoms with Gasteiger partial charge < -0.3 is 14.8 Å². The summed E-state index contributed by atoms with van der Waals surface area (Å²) in [4.78, 5) is 22.9. The van der Waals surface area contributed by atoms with Crippen molar-refractivity contribution in [2.24, 2.45) is 11.1 Å². The van der Waals surface area contributed by atoms with E-state index >= 15 is 0 Å². The summed E-state index contributed by atoms with van der Waals surface area (Å²) in [5, 5.41) is 12.8. The standard InChI is InChI=1S/C21H27F6N3O3/c1-3-5-8-14(4-2)12-30(13-15-9-6-7-10-28-15)18(31)16-11-17(33-29-16)19(32,20(22,23)24)21(25,26)27/h6-7,9-10,14,17,32H,3-5,8,11-13H2,1-2H3. The maximum Gasteiger partial charge on any atom is 0.430 e. The zero-order chi connectivity index (χ0) is 24.9. The van der Waals surface area contributed by atoms with Crippen molar-refractivity contribution in [3.63, 3.8) is 0 Å². The van der Waals surface area contributed by atoms with Gasteiger partial charge in [-0.15, -0.1) is 0 Å². The third-order valence-corrected chi connectivity index (χ3v) is 5.63. The molecule has 1 aliphatic heterocycles. The molecule has 0 fully saturated rings. The van der Waals surface area contributed by atoms with Crippen molar-refractivity contribution in [2.45, 2.75) is 76.6 Å². The summed E-state index contributed by atoms with van der Waals surface area (Å²) in [5.74, 6) is -0.789. The van der Waals surface area contributed by atoms with Gasteiger partial charge in [-0.2, -0.15) is 26.3 Å². The number of oxime groups is 1. The lowest BCUT2D eigenvalue weighted by atomic mass is 9.91. The van der Waals surface area contributed by atoms with Gasteiger partial charge in [-0.05, 0) is 24.5 Å². The molecule has 1 aromatic rings. The molecule has 2 rings (SSSR count). The van der Waals surface area contributed by atoms with Gasteiger partial charge in [0.1, 0.15) is 5.71 Å². The number of hydrogen-bond acceptors (Lipinski definition) is 5. The van der Waals surface area contributed by atoms with Crippen molar-refractivity contribution in [2.75, 3.05) is 6.54 Å². The predicted molar refractivity (Wildman–Crippen MR) is 107 cm³/mol. The Morgan fingerprint density at radius 2 is 1.88 bits per heavy atom. The third kappa shape index (κ3) is 6.15. The van der Waals surface area contributed by atoms with E-state index in [0.717, 1.165) is 25.7 Å². The van der Waals surface area contributed by atoms with Crippen LogP contribution in [0.3, 0.4) is 0 Å². The number of aromatic nitrogens is 1. The molecule has 1 aromatic heterocycles. The fourth-order valence-electron chi connectivity index (χ4n) is 3.57. The van der Waals surface area contributed by atoms with Crippen molar-refractivity contribution >= 4 is 11.6 Å². The number of pyridine rings is 1. The molecule has 0 aliphatic carbocycles. The molecule has 2 unspecified atom stereocenters. The number of carbonyl (C=O) groups is 1. The van der Waals surface area contributed by atoms with Crippen LogP contribution in [0.15, 0.2) is 29.6 Å². The average molecular weight is 483 g/mol. The summed E-state index contributed by atoms with van der Waals surface area (Å²) in [6, 6.07) is 5.01. The van der Waals surface area contributed by atoms with E-state index in [0.29, 0.717) is 5.69 Å². The fourth-order valence-corrected chi connectivity index (χ4v) is 3.57. The van der Waals surface area contributed by atoms with Crippen molar-refractivity contribution < 1.29 is 41.1 Å². The summed E-state index contributed by atoms with van der Waals surface area (Å²) in [6.07, 6.45) is -11.3. The molecule has 6 nitrogen and oxygen atoms in total. The molecule has 0 spiro atoms. The van der Waals surface area contributed by atoms with Gasteiger partial charge >= 0.3 is 12.4 Å². The number of hydrogen-bond donors (Lipinski definition) is 1. The number of unbranched alkanes of at least 4 members (excludes halogenated alkanes) is 1. The molecule has 0 saturated carbocycles. The minimum absolute atomic E-state index is 0.00516. The van der Waals surface area contributed by atoms with Crippen LogP contribution in [0, 0.1) is 5.92 Å². The van der Waals surface area contributed by atoms with Gasteiger partial charge in [0, 0.05) is 19.2 Å². The minimum atomic E-state index is -6.08. The Morgan fingerprint density at radius 1 is 1.21 bits per heavy atom. The van der Waals surface area contributed by atoms with Gasteiger partial charge in [0.25, 0.3) is 11.5 Å². The van der Waals surface area contributed by atoms with E-state index in [2.05, 4.69) is 15.0 Å². The summed E-state index contributed by atoms with van der Waals surface area (Å²) in [7, 11) is 0. The molecule has 0 radical (unpaired) electrons. The number of nitrogens with zero attached hydrogens (tertiary/aromatic N) is 3. The van der Waals surface area contributed by atoms with E-state index in [4.69, 9.17) is 0 Å². The highest BCUT2D eigenvalue weighted by Crippen LogP contribution is 2.48. The molecular formula is C21H27F6N3O3. The molecule has 186 valence electrons. The summed E-state index contributed by atoms with van der Waals surface area (Å²) < 4.78 is 78.9. The highest BCUT2D eigenvalue weighted by molar-refractivity contribution is 6.39. The zero-order valence-electron chi connectivity index (χ0n) is 18.3. The van der Waals surface area contributed by atoms with Gasteiger partial charge in [-0.1, -0.05) is 44.3 Å². The van der Waals surface area contributed by atoms with E-state index < -0.39 is 42.1 Å². The first-order valence-corrected chi connectivity index (χ1v) is 10.6. The van der Waals surface area contributed by atoms with Gasteiger partial charge in [-0.3, -0.25) is 9.78 Å². The Bertz CT molecular complexity index is 800. The van der Waals surface area contributed by atoms with Gasteiger partial charge in [0.15, 0.2) is 6.10 Å². The maximum absolute atomic E-state index is 13.2. The Morgan fingerprint density at radius 3 is 2.39 bits per heavy atom. The number of halogens is 6. The highest BCUT2D eigenvalue weighted by Gasteiger charge is 2.76. The number of rotatable bonds is 10. The molecule has 1 N–H and O–H groups in total. The molecule has 1 aliphatic rings. The van der Waals surface area contributed by atoms with Crippen LogP contribution >= 0.6 is 0 Å². The number of amides is 1. The summed E-state index contributed by atoms with van der Waals surface area (Å²) >= 11 is 0. The molecule has 0 saturated heterocycles. The van der Waals surface area contributed by atoms with E-state index in [9.17, 15) is 36.2 Å². The van der Waals surface area contributed by atoms with Crippen LogP contribution in [-0.4, -0.2) is 57.2 Å². The number of aliphatic hydroxyl groups is 1. The molecule has 12 heteroatoms. The van der Waals surface area contributed by atoms with Crippen molar-refractivity contribution in [3.05, 3.63) is 30.1 Å². The van der Waals surface area contributed by atoms with E-state index in [1.807, 2.05) is 13.8 Å². The van der Waals surface area contributed by atoms with Crippen LogP contribution in [0.2, 0.25) is 0 Å². The Hall–Kier alpha value is -2.37. The van der Waals surface area contributed by atoms with Gasteiger partial charge in [-0.25, -0.2) is 0 Å². The Labute approximate surface area is 187 Å². The van der Waals surface area contributed by atoms with Gasteiger partial charge in [0.05, 0.1) is 12.2 Å².